The minimum atomic E-state index is -2.92. The number of guanidine groups is 1. The van der Waals surface area contributed by atoms with Crippen LogP contribution in [0.15, 0.2) is 23.2 Å². The van der Waals surface area contributed by atoms with Crippen LogP contribution in [-0.4, -0.2) is 52.1 Å². The monoisotopic (exact) mass is 379 g/mol. The van der Waals surface area contributed by atoms with Crippen LogP contribution in [0.3, 0.4) is 0 Å². The van der Waals surface area contributed by atoms with Crippen LogP contribution in [0.25, 0.3) is 0 Å². The molecular formula is C14H19Cl2N3O3S. The molecule has 128 valence electrons. The third-order valence-electron chi connectivity index (χ3n) is 3.37. The van der Waals surface area contributed by atoms with E-state index in [1.165, 1.54) is 0 Å². The predicted octanol–water partition coefficient (Wildman–Crippen LogP) is 1.72. The highest BCUT2D eigenvalue weighted by Crippen LogP contribution is 2.31. The lowest BCUT2D eigenvalue weighted by Gasteiger charge is -2.16. The van der Waals surface area contributed by atoms with Gasteiger partial charge in [0.15, 0.2) is 15.8 Å². The van der Waals surface area contributed by atoms with Crippen LogP contribution in [0.2, 0.25) is 10.0 Å². The summed E-state index contributed by atoms with van der Waals surface area (Å²) >= 11 is 11.9. The summed E-state index contributed by atoms with van der Waals surface area (Å²) in [5.41, 5.74) is 0. The third-order valence-corrected chi connectivity index (χ3v) is 5.93. The van der Waals surface area contributed by atoms with Crippen molar-refractivity contribution in [3.05, 3.63) is 28.2 Å². The molecule has 1 fully saturated rings. The smallest absolute Gasteiger partial charge is 0.191 e. The van der Waals surface area contributed by atoms with Gasteiger partial charge in [0.25, 0.3) is 0 Å². The molecule has 6 nitrogen and oxygen atoms in total. The molecule has 0 bridgehead atoms. The lowest BCUT2D eigenvalue weighted by atomic mass is 10.3. The standard InChI is InChI=1S/C14H19Cl2N3O3S/c1-17-14(19-10-5-8-23(20,21)9-10)18-6-7-22-12-4-2-3-11(15)13(12)16/h2-4,10H,5-9H2,1H3,(H2,17,18,19). The molecule has 1 aliphatic rings. The lowest BCUT2D eigenvalue weighted by Crippen LogP contribution is -2.45. The number of hydrogen-bond acceptors (Lipinski definition) is 4. The number of nitrogens with one attached hydrogen (secondary N) is 2. The predicted molar refractivity (Wildman–Crippen MR) is 93.5 cm³/mol. The molecule has 2 N–H and O–H groups in total. The second kappa shape index (κ2) is 8.08. The van der Waals surface area contributed by atoms with Gasteiger partial charge >= 0.3 is 0 Å². The van der Waals surface area contributed by atoms with E-state index in [1.807, 2.05) is 0 Å². The molecule has 0 radical (unpaired) electrons. The van der Waals surface area contributed by atoms with Gasteiger partial charge in [-0.3, -0.25) is 4.99 Å². The van der Waals surface area contributed by atoms with E-state index in [-0.39, 0.29) is 17.5 Å². The number of aliphatic imine (C=N–C) groups is 1. The van der Waals surface area contributed by atoms with Gasteiger partial charge in [0.1, 0.15) is 17.4 Å². The first kappa shape index (κ1) is 18.2. The molecule has 1 aromatic rings. The average Bonchev–Trinajstić information content (AvgIpc) is 2.85. The van der Waals surface area contributed by atoms with Gasteiger partial charge in [-0.25, -0.2) is 8.42 Å². The minimum absolute atomic E-state index is 0.102. The first-order chi connectivity index (χ1) is 10.9. The molecule has 1 unspecified atom stereocenters. The first-order valence-corrected chi connectivity index (χ1v) is 9.73. The Morgan fingerprint density at radius 3 is 2.87 bits per heavy atom. The van der Waals surface area contributed by atoms with Gasteiger partial charge in [0.05, 0.1) is 23.1 Å². The largest absolute Gasteiger partial charge is 0.490 e. The summed E-state index contributed by atoms with van der Waals surface area (Å²) in [4.78, 5) is 4.07. The molecule has 1 heterocycles. The van der Waals surface area contributed by atoms with E-state index in [4.69, 9.17) is 27.9 Å². The Labute approximate surface area is 146 Å². The first-order valence-electron chi connectivity index (χ1n) is 7.16. The Morgan fingerprint density at radius 1 is 1.43 bits per heavy atom. The van der Waals surface area contributed by atoms with Crippen molar-refractivity contribution in [1.82, 2.24) is 10.6 Å². The molecule has 0 saturated carbocycles. The van der Waals surface area contributed by atoms with Crippen LogP contribution in [0.4, 0.5) is 0 Å². The Morgan fingerprint density at radius 2 is 2.22 bits per heavy atom. The zero-order valence-corrected chi connectivity index (χ0v) is 15.0. The van der Waals surface area contributed by atoms with E-state index in [9.17, 15) is 8.42 Å². The van der Waals surface area contributed by atoms with E-state index in [1.54, 1.807) is 25.2 Å². The number of hydrogen-bond donors (Lipinski definition) is 2. The Kier molecular flexibility index (Phi) is 6.38. The number of benzene rings is 1. The van der Waals surface area contributed by atoms with E-state index >= 15 is 0 Å². The van der Waals surface area contributed by atoms with Crippen molar-refractivity contribution in [2.75, 3.05) is 31.7 Å². The zero-order chi connectivity index (χ0) is 16.9. The maximum Gasteiger partial charge on any atom is 0.191 e. The van der Waals surface area contributed by atoms with Gasteiger partial charge in [0.2, 0.25) is 0 Å². The summed E-state index contributed by atoms with van der Waals surface area (Å²) in [5, 5.41) is 6.99. The van der Waals surface area contributed by atoms with Gasteiger partial charge in [-0.05, 0) is 18.6 Å². The molecule has 1 aromatic carbocycles. The highest BCUT2D eigenvalue weighted by molar-refractivity contribution is 7.91. The van der Waals surface area contributed by atoms with Gasteiger partial charge in [-0.1, -0.05) is 29.3 Å². The zero-order valence-electron chi connectivity index (χ0n) is 12.7. The van der Waals surface area contributed by atoms with Gasteiger partial charge in [0, 0.05) is 13.1 Å². The SMILES string of the molecule is CN=C(NCCOc1cccc(Cl)c1Cl)NC1CCS(=O)(=O)C1. The molecule has 0 amide bonds. The second-order valence-corrected chi connectivity index (χ2v) is 8.16. The van der Waals surface area contributed by atoms with Crippen LogP contribution < -0.4 is 15.4 Å². The van der Waals surface area contributed by atoms with Crippen molar-refractivity contribution in [3.8, 4) is 5.75 Å². The summed E-state index contributed by atoms with van der Waals surface area (Å²) in [6.07, 6.45) is 0.595. The van der Waals surface area contributed by atoms with Gasteiger partial charge in [-0.15, -0.1) is 0 Å². The Bertz CT molecular complexity index is 680. The van der Waals surface area contributed by atoms with Crippen LogP contribution in [0, 0.1) is 0 Å². The number of nitrogens with zero attached hydrogens (tertiary/aromatic N) is 1. The average molecular weight is 380 g/mol. The van der Waals surface area contributed by atoms with Crippen LogP contribution >= 0.6 is 23.2 Å². The number of ether oxygens (including phenoxy) is 1. The number of sulfone groups is 1. The van der Waals surface area contributed by atoms with E-state index in [0.29, 0.717) is 41.3 Å². The van der Waals surface area contributed by atoms with Crippen molar-refractivity contribution in [1.29, 1.82) is 0 Å². The fourth-order valence-electron chi connectivity index (χ4n) is 2.22. The summed E-state index contributed by atoms with van der Waals surface area (Å²) in [7, 11) is -1.28. The molecule has 0 spiro atoms. The number of halogens is 2. The number of rotatable bonds is 5. The molecule has 1 atom stereocenters. The molecule has 1 aliphatic heterocycles. The molecule has 23 heavy (non-hydrogen) atoms. The van der Waals surface area contributed by atoms with Crippen molar-refractivity contribution in [2.24, 2.45) is 4.99 Å². The summed E-state index contributed by atoms with van der Waals surface area (Å²) in [6, 6.07) is 5.09. The molecule has 2 rings (SSSR count). The fraction of sp³-hybridized carbons (Fsp3) is 0.500. The molecule has 0 aliphatic carbocycles. The molecule has 9 heteroatoms. The van der Waals surface area contributed by atoms with Crippen molar-refractivity contribution >= 4 is 39.0 Å². The maximum absolute atomic E-state index is 11.4. The van der Waals surface area contributed by atoms with E-state index < -0.39 is 9.84 Å². The Hall–Kier alpha value is -1.18. The van der Waals surface area contributed by atoms with Crippen LogP contribution in [-0.2, 0) is 9.84 Å². The quantitative estimate of drug-likeness (QED) is 0.462. The Balaban J connectivity index is 1.75. The van der Waals surface area contributed by atoms with Crippen LogP contribution in [0.1, 0.15) is 6.42 Å². The van der Waals surface area contributed by atoms with Crippen LogP contribution in [0.5, 0.6) is 5.75 Å². The molecule has 0 aromatic heterocycles. The topological polar surface area (TPSA) is 79.8 Å². The van der Waals surface area contributed by atoms with Crippen molar-refractivity contribution in [2.45, 2.75) is 12.5 Å². The molecular weight excluding hydrogens is 361 g/mol. The highest BCUT2D eigenvalue weighted by atomic mass is 35.5. The third kappa shape index (κ3) is 5.44. The summed E-state index contributed by atoms with van der Waals surface area (Å²) < 4.78 is 28.4. The fourth-order valence-corrected chi connectivity index (χ4v) is 4.24. The minimum Gasteiger partial charge on any atom is -0.490 e. The normalized spacial score (nSPS) is 20.3. The lowest BCUT2D eigenvalue weighted by molar-refractivity contribution is 0.322. The highest BCUT2D eigenvalue weighted by Gasteiger charge is 2.28. The summed E-state index contributed by atoms with van der Waals surface area (Å²) in [6.45, 7) is 0.853. The summed E-state index contributed by atoms with van der Waals surface area (Å²) in [5.74, 6) is 1.43. The van der Waals surface area contributed by atoms with Crippen molar-refractivity contribution in [3.63, 3.8) is 0 Å². The van der Waals surface area contributed by atoms with Gasteiger partial charge < -0.3 is 15.4 Å². The van der Waals surface area contributed by atoms with E-state index in [0.717, 1.165) is 0 Å². The maximum atomic E-state index is 11.4. The molecule has 1 saturated heterocycles. The van der Waals surface area contributed by atoms with Crippen molar-refractivity contribution < 1.29 is 13.2 Å². The van der Waals surface area contributed by atoms with E-state index in [2.05, 4.69) is 15.6 Å². The second-order valence-electron chi connectivity index (χ2n) is 5.14. The van der Waals surface area contributed by atoms with Gasteiger partial charge in [-0.2, -0.15) is 0 Å².